The average molecular weight is 639 g/mol. The van der Waals surface area contributed by atoms with E-state index in [-0.39, 0.29) is 24.3 Å². The van der Waals surface area contributed by atoms with Gasteiger partial charge in [-0.05, 0) is 69.3 Å². The number of halogens is 2. The van der Waals surface area contributed by atoms with Crippen molar-refractivity contribution in [2.75, 3.05) is 38.0 Å². The van der Waals surface area contributed by atoms with Crippen molar-refractivity contribution >= 4 is 57.6 Å². The van der Waals surface area contributed by atoms with E-state index in [9.17, 15) is 14.4 Å². The summed E-state index contributed by atoms with van der Waals surface area (Å²) in [5.74, 6) is 0.704. The molecule has 3 heterocycles. The van der Waals surface area contributed by atoms with Crippen LogP contribution in [-0.2, 0) is 11.8 Å². The maximum atomic E-state index is 13.4. The fourth-order valence-electron chi connectivity index (χ4n) is 4.80. The molecule has 0 spiro atoms. The van der Waals surface area contributed by atoms with Crippen molar-refractivity contribution in [3.8, 4) is 11.6 Å². The Morgan fingerprint density at radius 2 is 1.64 bits per heavy atom. The number of benzene rings is 2. The molecule has 1 saturated heterocycles. The van der Waals surface area contributed by atoms with E-state index in [2.05, 4.69) is 10.3 Å². The number of aromatic nitrogens is 2. The Kier molecular flexibility index (Phi) is 9.03. The van der Waals surface area contributed by atoms with Crippen molar-refractivity contribution in [3.05, 3.63) is 82.1 Å². The summed E-state index contributed by atoms with van der Waals surface area (Å²) in [7, 11) is 1.85. The van der Waals surface area contributed by atoms with E-state index in [1.165, 1.54) is 0 Å². The number of hydrogen-bond acceptors (Lipinski definition) is 7. The minimum atomic E-state index is -0.566. The fraction of sp³-hybridized carbons (Fsp3) is 0.312. The van der Waals surface area contributed by atoms with E-state index < -0.39 is 5.60 Å². The Bertz CT molecular complexity index is 1710. The molecule has 0 radical (unpaired) electrons. The number of pyridine rings is 1. The SMILES string of the molecule is Cn1c(C(=O)N2CCN(C(=O)OC(C)(C)C)CC2)cc2cc(Oc3ccc(NCC(=O)c4ccc(Cl)c(Cl)c4)cn3)ccc21. The summed E-state index contributed by atoms with van der Waals surface area (Å²) < 4.78 is 13.3. The van der Waals surface area contributed by atoms with Gasteiger partial charge in [0.1, 0.15) is 17.0 Å². The highest BCUT2D eigenvalue weighted by molar-refractivity contribution is 6.42. The van der Waals surface area contributed by atoms with Gasteiger partial charge in [-0.2, -0.15) is 0 Å². The highest BCUT2D eigenvalue weighted by Crippen LogP contribution is 2.28. The Balaban J connectivity index is 1.18. The summed E-state index contributed by atoms with van der Waals surface area (Å²) in [5, 5.41) is 4.61. The third-order valence-corrected chi connectivity index (χ3v) is 7.84. The number of piperazine rings is 1. The number of rotatable bonds is 7. The molecular formula is C32H33Cl2N5O5. The summed E-state index contributed by atoms with van der Waals surface area (Å²) in [6.07, 6.45) is 1.22. The number of carbonyl (C=O) groups excluding carboxylic acids is 3. The normalized spacial score (nSPS) is 13.6. The lowest BCUT2D eigenvalue weighted by Gasteiger charge is -2.35. The standard InChI is InChI=1S/C32H33Cl2N5O5/c1-32(2,3)44-31(42)39-13-11-38(12-14-39)30(41)27-17-21-15-23(7-9-26(21)37(27)4)43-29-10-6-22(18-36-29)35-19-28(40)20-5-8-24(33)25(34)16-20/h5-10,15-18,35H,11-14,19H2,1-4H3. The number of hydrogen-bond donors (Lipinski definition) is 1. The molecule has 1 N–H and O–H groups in total. The largest absolute Gasteiger partial charge is 0.444 e. The lowest BCUT2D eigenvalue weighted by molar-refractivity contribution is 0.0139. The second kappa shape index (κ2) is 12.8. The van der Waals surface area contributed by atoms with Crippen LogP contribution in [0.2, 0.25) is 10.0 Å². The Labute approximate surface area is 265 Å². The van der Waals surface area contributed by atoms with Gasteiger partial charge in [0.05, 0.1) is 28.5 Å². The maximum absolute atomic E-state index is 13.4. The quantitative estimate of drug-likeness (QED) is 0.226. The Morgan fingerprint density at radius 3 is 2.30 bits per heavy atom. The molecule has 10 nitrogen and oxygen atoms in total. The molecule has 0 saturated carbocycles. The van der Waals surface area contributed by atoms with Gasteiger partial charge in [0.15, 0.2) is 5.78 Å². The molecule has 12 heteroatoms. The number of ketones is 1. The first kappa shape index (κ1) is 31.2. The first-order chi connectivity index (χ1) is 20.9. The molecule has 2 amide bonds. The molecule has 0 atom stereocenters. The molecular weight excluding hydrogens is 605 g/mol. The van der Waals surface area contributed by atoms with Crippen LogP contribution in [0.15, 0.2) is 60.8 Å². The zero-order valence-electron chi connectivity index (χ0n) is 24.9. The zero-order valence-corrected chi connectivity index (χ0v) is 26.4. The summed E-state index contributed by atoms with van der Waals surface area (Å²) in [5.41, 5.74) is 1.98. The number of fused-ring (bicyclic) bond motifs is 1. The van der Waals surface area contributed by atoms with Gasteiger partial charge in [-0.1, -0.05) is 23.2 Å². The Morgan fingerprint density at radius 1 is 0.909 bits per heavy atom. The van der Waals surface area contributed by atoms with Crippen LogP contribution in [0.5, 0.6) is 11.6 Å². The highest BCUT2D eigenvalue weighted by Gasteiger charge is 2.29. The van der Waals surface area contributed by atoms with Gasteiger partial charge in [-0.15, -0.1) is 0 Å². The number of aryl methyl sites for hydroxylation is 1. The molecule has 2 aromatic heterocycles. The van der Waals surface area contributed by atoms with Crippen LogP contribution in [0.4, 0.5) is 10.5 Å². The summed E-state index contributed by atoms with van der Waals surface area (Å²) >= 11 is 11.9. The molecule has 4 aromatic rings. The van der Waals surface area contributed by atoms with Gasteiger partial charge in [-0.25, -0.2) is 9.78 Å². The van der Waals surface area contributed by atoms with Crippen LogP contribution in [0.25, 0.3) is 10.9 Å². The van der Waals surface area contributed by atoms with Crippen LogP contribution < -0.4 is 10.1 Å². The molecule has 0 aliphatic carbocycles. The fourth-order valence-corrected chi connectivity index (χ4v) is 5.09. The predicted octanol–water partition coefficient (Wildman–Crippen LogP) is 6.66. The van der Waals surface area contributed by atoms with Crippen LogP contribution in [0.1, 0.15) is 41.6 Å². The van der Waals surface area contributed by atoms with E-state index in [0.717, 1.165) is 10.9 Å². The first-order valence-electron chi connectivity index (χ1n) is 14.1. The van der Waals surface area contributed by atoms with Crippen LogP contribution in [0, 0.1) is 0 Å². The minimum absolute atomic E-state index is 0.0605. The number of carbonyl (C=O) groups is 3. The molecule has 44 heavy (non-hydrogen) atoms. The van der Waals surface area contributed by atoms with Crippen LogP contribution in [0.3, 0.4) is 0 Å². The van der Waals surface area contributed by atoms with Crippen molar-refractivity contribution in [1.82, 2.24) is 19.4 Å². The second-order valence-corrected chi connectivity index (χ2v) is 12.3. The van der Waals surface area contributed by atoms with Crippen LogP contribution in [-0.4, -0.2) is 75.5 Å². The van der Waals surface area contributed by atoms with Gasteiger partial charge >= 0.3 is 6.09 Å². The molecule has 5 rings (SSSR count). The highest BCUT2D eigenvalue weighted by atomic mass is 35.5. The summed E-state index contributed by atoms with van der Waals surface area (Å²) in [6.45, 7) is 7.24. The van der Waals surface area contributed by atoms with Gasteiger partial charge in [0.25, 0.3) is 5.91 Å². The zero-order chi connectivity index (χ0) is 31.6. The molecule has 1 aliphatic rings. The summed E-state index contributed by atoms with van der Waals surface area (Å²) in [4.78, 5) is 46.0. The molecule has 1 fully saturated rings. The number of anilines is 1. The van der Waals surface area contributed by atoms with Crippen molar-refractivity contribution in [3.63, 3.8) is 0 Å². The van der Waals surface area contributed by atoms with Crippen LogP contribution >= 0.6 is 23.2 Å². The molecule has 230 valence electrons. The number of Topliss-reactive ketones (excluding diaryl/α,β-unsaturated/α-hetero) is 1. The molecule has 1 aliphatic heterocycles. The third kappa shape index (κ3) is 7.26. The molecule has 0 unspecified atom stereocenters. The van der Waals surface area contributed by atoms with Gasteiger partial charge < -0.3 is 29.2 Å². The van der Waals surface area contributed by atoms with Gasteiger partial charge in [0, 0.05) is 55.8 Å². The lowest BCUT2D eigenvalue weighted by Crippen LogP contribution is -2.51. The lowest BCUT2D eigenvalue weighted by atomic mass is 10.1. The minimum Gasteiger partial charge on any atom is -0.444 e. The van der Waals surface area contributed by atoms with Crippen molar-refractivity contribution in [1.29, 1.82) is 0 Å². The van der Waals surface area contributed by atoms with E-state index >= 15 is 0 Å². The van der Waals surface area contributed by atoms with Crippen molar-refractivity contribution in [2.45, 2.75) is 26.4 Å². The topological polar surface area (TPSA) is 106 Å². The predicted molar refractivity (Wildman–Crippen MR) is 170 cm³/mol. The number of nitrogens with one attached hydrogen (secondary N) is 1. The Hall–Kier alpha value is -4.28. The monoisotopic (exact) mass is 637 g/mol. The van der Waals surface area contributed by atoms with Crippen molar-refractivity contribution < 1.29 is 23.9 Å². The van der Waals surface area contributed by atoms with Gasteiger partial charge in [-0.3, -0.25) is 9.59 Å². The van der Waals surface area contributed by atoms with Gasteiger partial charge in [0.2, 0.25) is 5.88 Å². The number of amides is 2. The third-order valence-electron chi connectivity index (χ3n) is 7.11. The average Bonchev–Trinajstić information content (AvgIpc) is 3.32. The first-order valence-corrected chi connectivity index (χ1v) is 14.9. The number of nitrogens with zero attached hydrogens (tertiary/aromatic N) is 4. The van der Waals surface area contributed by atoms with E-state index in [1.807, 2.05) is 56.7 Å². The molecule has 0 bridgehead atoms. The van der Waals surface area contributed by atoms with Crippen molar-refractivity contribution in [2.24, 2.45) is 7.05 Å². The second-order valence-electron chi connectivity index (χ2n) is 11.5. The number of ether oxygens (including phenoxy) is 2. The smallest absolute Gasteiger partial charge is 0.410 e. The van der Waals surface area contributed by atoms with E-state index in [1.54, 1.807) is 46.3 Å². The maximum Gasteiger partial charge on any atom is 0.410 e. The summed E-state index contributed by atoms with van der Waals surface area (Å²) in [6, 6.07) is 15.6. The molecule has 2 aromatic carbocycles. The van der Waals surface area contributed by atoms with E-state index in [4.69, 9.17) is 32.7 Å². The van der Waals surface area contributed by atoms with E-state index in [0.29, 0.717) is 64.8 Å².